The van der Waals surface area contributed by atoms with Crippen molar-refractivity contribution in [2.24, 2.45) is 11.8 Å². The van der Waals surface area contributed by atoms with Gasteiger partial charge < -0.3 is 9.47 Å². The summed E-state index contributed by atoms with van der Waals surface area (Å²) < 4.78 is 11.3. The number of hydrogen-bond donors (Lipinski definition) is 1. The molecule has 0 saturated heterocycles. The Balaban J connectivity index is 1.90. The lowest BCUT2D eigenvalue weighted by atomic mass is 9.83. The van der Waals surface area contributed by atoms with Gasteiger partial charge >= 0.3 is 5.97 Å². The molecule has 0 aromatic rings. The monoisotopic (exact) mass is 297 g/mol. The van der Waals surface area contributed by atoms with Crippen molar-refractivity contribution in [2.75, 3.05) is 19.8 Å². The summed E-state index contributed by atoms with van der Waals surface area (Å²) in [7, 11) is 0. The first-order valence-electron chi connectivity index (χ1n) is 8.61. The number of carbonyl (C=O) groups is 1. The molecular formula is C17H31NO3. The normalized spacial score (nSPS) is 21.9. The van der Waals surface area contributed by atoms with Crippen molar-refractivity contribution >= 4 is 5.97 Å². The van der Waals surface area contributed by atoms with Crippen LogP contribution >= 0.6 is 0 Å². The molecule has 0 aromatic heterocycles. The van der Waals surface area contributed by atoms with Crippen molar-refractivity contribution in [1.29, 1.82) is 0 Å². The van der Waals surface area contributed by atoms with Crippen molar-refractivity contribution in [3.63, 3.8) is 0 Å². The SMILES string of the molecule is CCOC(=O)C(COCCC1CCC1)(NC(C)C)C1CC1. The second kappa shape index (κ2) is 7.59. The van der Waals surface area contributed by atoms with Gasteiger partial charge in [0.2, 0.25) is 0 Å². The first-order chi connectivity index (χ1) is 10.1. The molecule has 2 fully saturated rings. The summed E-state index contributed by atoms with van der Waals surface area (Å²) in [5, 5.41) is 3.46. The summed E-state index contributed by atoms with van der Waals surface area (Å²) in [6.45, 7) is 7.65. The minimum atomic E-state index is -0.635. The van der Waals surface area contributed by atoms with Crippen LogP contribution in [0.3, 0.4) is 0 Å². The summed E-state index contributed by atoms with van der Waals surface area (Å²) in [6.07, 6.45) is 7.37. The molecule has 4 nitrogen and oxygen atoms in total. The predicted octanol–water partition coefficient (Wildman–Crippen LogP) is 2.90. The second-order valence-electron chi connectivity index (χ2n) is 6.90. The zero-order chi connectivity index (χ0) is 15.3. The first kappa shape index (κ1) is 16.8. The van der Waals surface area contributed by atoms with Gasteiger partial charge in [-0.25, -0.2) is 4.79 Å². The quantitative estimate of drug-likeness (QED) is 0.497. The van der Waals surface area contributed by atoms with Crippen molar-refractivity contribution in [2.45, 2.75) is 70.9 Å². The van der Waals surface area contributed by atoms with E-state index in [1.165, 1.54) is 19.3 Å². The summed E-state index contributed by atoms with van der Waals surface area (Å²) in [5.74, 6) is 1.08. The highest BCUT2D eigenvalue weighted by molar-refractivity contribution is 5.82. The Morgan fingerprint density at radius 1 is 1.29 bits per heavy atom. The zero-order valence-corrected chi connectivity index (χ0v) is 13.8. The maximum Gasteiger partial charge on any atom is 0.329 e. The molecule has 0 aromatic carbocycles. The minimum Gasteiger partial charge on any atom is -0.465 e. The van der Waals surface area contributed by atoms with Crippen LogP contribution in [-0.2, 0) is 14.3 Å². The lowest BCUT2D eigenvalue weighted by Gasteiger charge is -2.34. The Kier molecular flexibility index (Phi) is 6.06. The molecule has 0 amide bonds. The third-order valence-electron chi connectivity index (χ3n) is 4.69. The molecule has 21 heavy (non-hydrogen) atoms. The van der Waals surface area contributed by atoms with Gasteiger partial charge in [-0.05, 0) is 51.9 Å². The van der Waals surface area contributed by atoms with Crippen LogP contribution in [0.4, 0.5) is 0 Å². The van der Waals surface area contributed by atoms with E-state index in [0.717, 1.165) is 31.8 Å². The van der Waals surface area contributed by atoms with E-state index in [1.807, 2.05) is 6.92 Å². The smallest absolute Gasteiger partial charge is 0.329 e. The van der Waals surface area contributed by atoms with Crippen molar-refractivity contribution in [3.05, 3.63) is 0 Å². The largest absolute Gasteiger partial charge is 0.465 e. The molecule has 2 aliphatic carbocycles. The highest BCUT2D eigenvalue weighted by atomic mass is 16.5. The van der Waals surface area contributed by atoms with Gasteiger partial charge in [0.15, 0.2) is 0 Å². The summed E-state index contributed by atoms with van der Waals surface area (Å²) in [6, 6.07) is 0.241. The maximum absolute atomic E-state index is 12.5. The van der Waals surface area contributed by atoms with Crippen LogP contribution in [0.15, 0.2) is 0 Å². The number of nitrogens with one attached hydrogen (secondary N) is 1. The van der Waals surface area contributed by atoms with Gasteiger partial charge in [-0.15, -0.1) is 0 Å². The topological polar surface area (TPSA) is 47.6 Å². The average molecular weight is 297 g/mol. The van der Waals surface area contributed by atoms with Crippen molar-refractivity contribution in [3.8, 4) is 0 Å². The van der Waals surface area contributed by atoms with Gasteiger partial charge in [-0.1, -0.05) is 19.3 Å². The van der Waals surface area contributed by atoms with Gasteiger partial charge in [-0.2, -0.15) is 0 Å². The van der Waals surface area contributed by atoms with Gasteiger partial charge in [0, 0.05) is 12.6 Å². The van der Waals surface area contributed by atoms with E-state index in [-0.39, 0.29) is 12.0 Å². The van der Waals surface area contributed by atoms with Gasteiger partial charge in [-0.3, -0.25) is 5.32 Å². The van der Waals surface area contributed by atoms with Crippen molar-refractivity contribution < 1.29 is 14.3 Å². The average Bonchev–Trinajstić information content (AvgIpc) is 3.19. The number of ether oxygens (including phenoxy) is 2. The van der Waals surface area contributed by atoms with Gasteiger partial charge in [0.05, 0.1) is 13.2 Å². The third-order valence-corrected chi connectivity index (χ3v) is 4.69. The van der Waals surface area contributed by atoms with Crippen LogP contribution in [0.2, 0.25) is 0 Å². The van der Waals surface area contributed by atoms with Crippen LogP contribution in [0.5, 0.6) is 0 Å². The third kappa shape index (κ3) is 4.43. The number of carbonyl (C=O) groups excluding carboxylic acids is 1. The summed E-state index contributed by atoms with van der Waals surface area (Å²) in [5.41, 5.74) is -0.635. The molecule has 2 rings (SSSR count). The van der Waals surface area contributed by atoms with E-state index >= 15 is 0 Å². The number of hydrogen-bond acceptors (Lipinski definition) is 4. The molecular weight excluding hydrogens is 266 g/mol. The fourth-order valence-corrected chi connectivity index (χ4v) is 3.18. The van der Waals surface area contributed by atoms with E-state index in [4.69, 9.17) is 9.47 Å². The van der Waals surface area contributed by atoms with E-state index in [1.54, 1.807) is 0 Å². The standard InChI is InChI=1S/C17H31NO3/c1-4-21-16(19)17(15-8-9-15,18-13(2)3)12-20-11-10-14-6-5-7-14/h13-15,18H,4-12H2,1-3H3. The first-order valence-corrected chi connectivity index (χ1v) is 8.61. The van der Waals surface area contributed by atoms with Crippen LogP contribution in [0.1, 0.15) is 59.3 Å². The fourth-order valence-electron chi connectivity index (χ4n) is 3.18. The van der Waals surface area contributed by atoms with Crippen LogP contribution in [0, 0.1) is 11.8 Å². The van der Waals surface area contributed by atoms with E-state index in [2.05, 4.69) is 19.2 Å². The van der Waals surface area contributed by atoms with Crippen LogP contribution < -0.4 is 5.32 Å². The number of esters is 1. The molecule has 122 valence electrons. The van der Waals surface area contributed by atoms with E-state index in [0.29, 0.717) is 19.1 Å². The molecule has 0 radical (unpaired) electrons. The highest BCUT2D eigenvalue weighted by Crippen LogP contribution is 2.41. The lowest BCUT2D eigenvalue weighted by Crippen LogP contribution is -2.60. The van der Waals surface area contributed by atoms with Gasteiger partial charge in [0.1, 0.15) is 5.54 Å². The van der Waals surface area contributed by atoms with E-state index in [9.17, 15) is 4.79 Å². The van der Waals surface area contributed by atoms with Crippen molar-refractivity contribution in [1.82, 2.24) is 5.32 Å². The Morgan fingerprint density at radius 2 is 2.00 bits per heavy atom. The molecule has 1 unspecified atom stereocenters. The second-order valence-corrected chi connectivity index (χ2v) is 6.90. The molecule has 0 heterocycles. The summed E-state index contributed by atoms with van der Waals surface area (Å²) in [4.78, 5) is 12.5. The molecule has 1 atom stereocenters. The predicted molar refractivity (Wildman–Crippen MR) is 83.1 cm³/mol. The Hall–Kier alpha value is -0.610. The van der Waals surface area contributed by atoms with Crippen LogP contribution in [-0.4, -0.2) is 37.4 Å². The number of rotatable bonds is 10. The summed E-state index contributed by atoms with van der Waals surface area (Å²) >= 11 is 0. The molecule has 1 N–H and O–H groups in total. The Labute approximate surface area is 129 Å². The fraction of sp³-hybridized carbons (Fsp3) is 0.941. The maximum atomic E-state index is 12.5. The molecule has 0 aliphatic heterocycles. The van der Waals surface area contributed by atoms with Gasteiger partial charge in [0.25, 0.3) is 0 Å². The molecule has 0 bridgehead atoms. The molecule has 0 spiro atoms. The highest BCUT2D eigenvalue weighted by Gasteiger charge is 2.52. The molecule has 2 saturated carbocycles. The molecule has 2 aliphatic rings. The lowest BCUT2D eigenvalue weighted by molar-refractivity contribution is -0.156. The van der Waals surface area contributed by atoms with Crippen LogP contribution in [0.25, 0.3) is 0 Å². The Bertz CT molecular complexity index is 337. The molecule has 4 heteroatoms. The minimum absolute atomic E-state index is 0.134. The van der Waals surface area contributed by atoms with E-state index < -0.39 is 5.54 Å². The Morgan fingerprint density at radius 3 is 2.48 bits per heavy atom. The zero-order valence-electron chi connectivity index (χ0n) is 13.8.